The van der Waals surface area contributed by atoms with Gasteiger partial charge in [-0.3, -0.25) is 0 Å². The maximum atomic E-state index is 6.40. The van der Waals surface area contributed by atoms with E-state index in [1.165, 1.54) is 27.8 Å². The molecule has 3 nitrogen and oxygen atoms in total. The molecule has 0 bridgehead atoms. The molecule has 3 aromatic carbocycles. The van der Waals surface area contributed by atoms with E-state index in [9.17, 15) is 0 Å². The van der Waals surface area contributed by atoms with Gasteiger partial charge in [0, 0.05) is 17.0 Å². The van der Waals surface area contributed by atoms with Gasteiger partial charge in [-0.25, -0.2) is 0 Å². The van der Waals surface area contributed by atoms with Crippen LogP contribution in [0, 0.1) is 0 Å². The molecule has 1 atom stereocenters. The van der Waals surface area contributed by atoms with E-state index in [1.54, 1.807) is 0 Å². The first-order chi connectivity index (χ1) is 15.5. The van der Waals surface area contributed by atoms with Crippen LogP contribution in [0.4, 0.5) is 0 Å². The molecule has 166 valence electrons. The van der Waals surface area contributed by atoms with Crippen molar-refractivity contribution in [3.63, 3.8) is 0 Å². The molecule has 0 radical (unpaired) electrons. The molecule has 0 N–H and O–H groups in total. The highest BCUT2D eigenvalue weighted by Gasteiger charge is 2.32. The second-order valence-electron chi connectivity index (χ2n) is 9.60. The Hall–Kier alpha value is -2.94. The van der Waals surface area contributed by atoms with E-state index in [0.29, 0.717) is 13.2 Å². The lowest BCUT2D eigenvalue weighted by Gasteiger charge is -2.36. The van der Waals surface area contributed by atoms with Crippen LogP contribution < -0.4 is 14.2 Å². The molecule has 0 saturated carbocycles. The molecule has 2 aliphatic rings. The summed E-state index contributed by atoms with van der Waals surface area (Å²) in [6.45, 7) is 7.74. The van der Waals surface area contributed by atoms with E-state index in [0.717, 1.165) is 42.9 Å². The van der Waals surface area contributed by atoms with Gasteiger partial charge in [0.25, 0.3) is 0 Å². The van der Waals surface area contributed by atoms with Gasteiger partial charge in [0.1, 0.15) is 29.5 Å². The fourth-order valence-electron chi connectivity index (χ4n) is 4.81. The van der Waals surface area contributed by atoms with Gasteiger partial charge in [-0.2, -0.15) is 0 Å². The summed E-state index contributed by atoms with van der Waals surface area (Å²) in [4.78, 5) is 0. The van der Waals surface area contributed by atoms with Crippen molar-refractivity contribution in [3.05, 3.63) is 88.5 Å². The highest BCUT2D eigenvalue weighted by Crippen LogP contribution is 2.45. The summed E-state index contributed by atoms with van der Waals surface area (Å²) in [6.07, 6.45) is 3.97. The average molecular weight is 429 g/mol. The van der Waals surface area contributed by atoms with Gasteiger partial charge in [0.15, 0.2) is 0 Å². The SMILES string of the molecule is CCc1ccc(C2COc3c(ccc4c3CCC(C)(C)O4)C2)c(OCc2ccccc2)c1. The summed E-state index contributed by atoms with van der Waals surface area (Å²) in [5.74, 6) is 3.29. The molecule has 2 heterocycles. The van der Waals surface area contributed by atoms with Crippen molar-refractivity contribution in [1.82, 2.24) is 0 Å². The number of aryl methyl sites for hydroxylation is 1. The van der Waals surface area contributed by atoms with Crippen molar-refractivity contribution < 1.29 is 14.2 Å². The van der Waals surface area contributed by atoms with Crippen LogP contribution in [0.15, 0.2) is 60.7 Å². The second kappa shape index (κ2) is 8.54. The Morgan fingerprint density at radius 3 is 2.66 bits per heavy atom. The molecule has 0 fully saturated rings. The van der Waals surface area contributed by atoms with Crippen molar-refractivity contribution >= 4 is 0 Å². The van der Waals surface area contributed by atoms with Gasteiger partial charge in [-0.1, -0.05) is 55.5 Å². The smallest absolute Gasteiger partial charge is 0.129 e. The summed E-state index contributed by atoms with van der Waals surface area (Å²) < 4.78 is 19.0. The average Bonchev–Trinajstić information content (AvgIpc) is 2.82. The minimum Gasteiger partial charge on any atom is -0.492 e. The van der Waals surface area contributed by atoms with Crippen LogP contribution in [0.1, 0.15) is 60.9 Å². The third-order valence-electron chi connectivity index (χ3n) is 6.72. The summed E-state index contributed by atoms with van der Waals surface area (Å²) in [5, 5.41) is 0. The minimum atomic E-state index is -0.107. The van der Waals surface area contributed by atoms with Gasteiger partial charge < -0.3 is 14.2 Å². The summed E-state index contributed by atoms with van der Waals surface area (Å²) in [5.41, 5.74) is 6.12. The maximum absolute atomic E-state index is 6.40. The Morgan fingerprint density at radius 1 is 1.00 bits per heavy atom. The number of hydrogen-bond acceptors (Lipinski definition) is 3. The zero-order valence-corrected chi connectivity index (χ0v) is 19.3. The van der Waals surface area contributed by atoms with Gasteiger partial charge in [-0.05, 0) is 68.4 Å². The molecular weight excluding hydrogens is 396 g/mol. The zero-order chi connectivity index (χ0) is 22.1. The second-order valence-corrected chi connectivity index (χ2v) is 9.60. The Morgan fingerprint density at radius 2 is 1.84 bits per heavy atom. The maximum Gasteiger partial charge on any atom is 0.129 e. The quantitative estimate of drug-likeness (QED) is 0.455. The van der Waals surface area contributed by atoms with Crippen molar-refractivity contribution in [2.75, 3.05) is 6.61 Å². The Kier molecular flexibility index (Phi) is 5.58. The van der Waals surface area contributed by atoms with Gasteiger partial charge >= 0.3 is 0 Å². The molecule has 0 aliphatic carbocycles. The van der Waals surface area contributed by atoms with Gasteiger partial charge in [-0.15, -0.1) is 0 Å². The van der Waals surface area contributed by atoms with Crippen LogP contribution in [0.5, 0.6) is 17.2 Å². The molecule has 3 aromatic rings. The fourth-order valence-corrected chi connectivity index (χ4v) is 4.81. The van der Waals surface area contributed by atoms with Crippen LogP contribution in [-0.4, -0.2) is 12.2 Å². The van der Waals surface area contributed by atoms with E-state index in [1.807, 2.05) is 6.07 Å². The molecule has 5 rings (SSSR count). The summed E-state index contributed by atoms with van der Waals surface area (Å²) in [6, 6.07) is 21.3. The fraction of sp³-hybridized carbons (Fsp3) is 0.379. The van der Waals surface area contributed by atoms with Crippen LogP contribution >= 0.6 is 0 Å². The molecule has 32 heavy (non-hydrogen) atoms. The number of ether oxygens (including phenoxy) is 3. The van der Waals surface area contributed by atoms with E-state index in [4.69, 9.17) is 14.2 Å². The van der Waals surface area contributed by atoms with E-state index < -0.39 is 0 Å². The Labute approximate surface area is 191 Å². The summed E-state index contributed by atoms with van der Waals surface area (Å²) >= 11 is 0. The van der Waals surface area contributed by atoms with E-state index >= 15 is 0 Å². The molecule has 0 spiro atoms. The van der Waals surface area contributed by atoms with Crippen LogP contribution in [0.2, 0.25) is 0 Å². The van der Waals surface area contributed by atoms with Crippen molar-refractivity contribution in [2.24, 2.45) is 0 Å². The standard InChI is InChI=1S/C29H32O3/c1-4-20-10-12-24(27(16-20)30-18-21-8-6-5-7-9-21)23-17-22-11-13-26-25(28(22)31-19-23)14-15-29(2,3)32-26/h5-13,16,23H,4,14-15,17-19H2,1-3H3. The Bertz CT molecular complexity index is 1100. The first-order valence-corrected chi connectivity index (χ1v) is 11.8. The molecule has 0 aromatic heterocycles. The number of rotatable bonds is 5. The van der Waals surface area contributed by atoms with Gasteiger partial charge in [0.05, 0.1) is 6.61 Å². The van der Waals surface area contributed by atoms with Crippen LogP contribution in [-0.2, 0) is 25.9 Å². The third-order valence-corrected chi connectivity index (χ3v) is 6.72. The molecule has 1 unspecified atom stereocenters. The van der Waals surface area contributed by atoms with Crippen molar-refractivity contribution in [2.45, 2.75) is 64.6 Å². The monoisotopic (exact) mass is 428 g/mol. The van der Waals surface area contributed by atoms with Crippen LogP contribution in [0.25, 0.3) is 0 Å². The third kappa shape index (κ3) is 4.21. The highest BCUT2D eigenvalue weighted by atomic mass is 16.5. The largest absolute Gasteiger partial charge is 0.492 e. The molecular formula is C29H32O3. The van der Waals surface area contributed by atoms with E-state index in [2.05, 4.69) is 75.4 Å². The number of hydrogen-bond donors (Lipinski definition) is 0. The van der Waals surface area contributed by atoms with Gasteiger partial charge in [0.2, 0.25) is 0 Å². The zero-order valence-electron chi connectivity index (χ0n) is 19.3. The summed E-state index contributed by atoms with van der Waals surface area (Å²) in [7, 11) is 0. The molecule has 0 amide bonds. The predicted molar refractivity (Wildman–Crippen MR) is 128 cm³/mol. The van der Waals surface area contributed by atoms with Crippen molar-refractivity contribution in [3.8, 4) is 17.2 Å². The molecule has 0 saturated heterocycles. The molecule has 3 heteroatoms. The lowest BCUT2D eigenvalue weighted by molar-refractivity contribution is 0.0826. The minimum absolute atomic E-state index is 0.107. The topological polar surface area (TPSA) is 27.7 Å². The normalized spacial score (nSPS) is 18.7. The predicted octanol–water partition coefficient (Wildman–Crippen LogP) is 6.65. The lowest BCUT2D eigenvalue weighted by Crippen LogP contribution is -2.33. The first-order valence-electron chi connectivity index (χ1n) is 11.8. The lowest BCUT2D eigenvalue weighted by atomic mass is 9.86. The number of benzene rings is 3. The first kappa shape index (κ1) is 20.9. The molecule has 2 aliphatic heterocycles. The Balaban J connectivity index is 1.40. The van der Waals surface area contributed by atoms with Crippen LogP contribution in [0.3, 0.4) is 0 Å². The van der Waals surface area contributed by atoms with Crippen molar-refractivity contribution in [1.29, 1.82) is 0 Å². The van der Waals surface area contributed by atoms with E-state index in [-0.39, 0.29) is 11.5 Å². The highest BCUT2D eigenvalue weighted by molar-refractivity contribution is 5.54. The number of fused-ring (bicyclic) bond motifs is 3.